The first-order valence-electron chi connectivity index (χ1n) is 5.63. The molecule has 1 aromatic carbocycles. The Morgan fingerprint density at radius 1 is 1.53 bits per heavy atom. The molecule has 1 unspecified atom stereocenters. The SMILES string of the molecule is C=Cc1cc(C(N)CC(=O)O)ccc1CS(C)(=O)=O. The van der Waals surface area contributed by atoms with Crippen LogP contribution in [0.5, 0.6) is 0 Å². The van der Waals surface area contributed by atoms with Crippen LogP contribution in [0.2, 0.25) is 0 Å². The smallest absolute Gasteiger partial charge is 0.305 e. The van der Waals surface area contributed by atoms with Crippen LogP contribution in [0.4, 0.5) is 0 Å². The van der Waals surface area contributed by atoms with Crippen LogP contribution in [0.1, 0.15) is 29.2 Å². The van der Waals surface area contributed by atoms with Gasteiger partial charge in [0.15, 0.2) is 9.84 Å². The lowest BCUT2D eigenvalue weighted by Crippen LogP contribution is -2.15. The first kappa shape index (κ1) is 15.4. The first-order valence-corrected chi connectivity index (χ1v) is 7.69. The van der Waals surface area contributed by atoms with Gasteiger partial charge in [-0.3, -0.25) is 4.79 Å². The summed E-state index contributed by atoms with van der Waals surface area (Å²) in [4.78, 5) is 10.6. The molecule has 0 saturated carbocycles. The molecular formula is C13H17NO4S. The molecule has 1 rings (SSSR count). The minimum absolute atomic E-state index is 0.0806. The van der Waals surface area contributed by atoms with E-state index in [1.165, 1.54) is 6.08 Å². The minimum atomic E-state index is -3.14. The van der Waals surface area contributed by atoms with E-state index in [0.29, 0.717) is 16.7 Å². The van der Waals surface area contributed by atoms with Crippen molar-refractivity contribution in [3.63, 3.8) is 0 Å². The summed E-state index contributed by atoms with van der Waals surface area (Å²) in [6, 6.07) is 4.36. The average molecular weight is 283 g/mol. The van der Waals surface area contributed by atoms with E-state index in [1.807, 2.05) is 0 Å². The zero-order valence-electron chi connectivity index (χ0n) is 10.7. The highest BCUT2D eigenvalue weighted by molar-refractivity contribution is 7.89. The van der Waals surface area contributed by atoms with E-state index in [1.54, 1.807) is 18.2 Å². The Bertz CT molecular complexity index is 593. The second kappa shape index (κ2) is 5.99. The van der Waals surface area contributed by atoms with E-state index in [2.05, 4.69) is 6.58 Å². The maximum absolute atomic E-state index is 11.3. The van der Waals surface area contributed by atoms with E-state index in [0.717, 1.165) is 6.26 Å². The van der Waals surface area contributed by atoms with Gasteiger partial charge < -0.3 is 10.8 Å². The number of nitrogens with two attached hydrogens (primary N) is 1. The topological polar surface area (TPSA) is 97.5 Å². The van der Waals surface area contributed by atoms with Crippen molar-refractivity contribution in [3.8, 4) is 0 Å². The lowest BCUT2D eigenvalue weighted by molar-refractivity contribution is -0.137. The monoisotopic (exact) mass is 283 g/mol. The number of benzene rings is 1. The van der Waals surface area contributed by atoms with Crippen LogP contribution in [-0.4, -0.2) is 25.7 Å². The fraction of sp³-hybridized carbons (Fsp3) is 0.308. The number of rotatable bonds is 6. The molecule has 0 bridgehead atoms. The highest BCUT2D eigenvalue weighted by Crippen LogP contribution is 2.21. The second-order valence-electron chi connectivity index (χ2n) is 4.44. The molecule has 1 atom stereocenters. The zero-order valence-corrected chi connectivity index (χ0v) is 11.5. The summed E-state index contributed by atoms with van der Waals surface area (Å²) in [7, 11) is -3.14. The molecule has 0 aliphatic carbocycles. The summed E-state index contributed by atoms with van der Waals surface area (Å²) in [6.07, 6.45) is 2.52. The third-order valence-corrected chi connectivity index (χ3v) is 3.47. The molecule has 5 nitrogen and oxygen atoms in total. The number of carboxylic acid groups (broad SMARTS) is 1. The van der Waals surface area contributed by atoms with Gasteiger partial charge >= 0.3 is 5.97 Å². The van der Waals surface area contributed by atoms with Crippen LogP contribution in [0, 0.1) is 0 Å². The Hall–Kier alpha value is -1.66. The molecular weight excluding hydrogens is 266 g/mol. The molecule has 19 heavy (non-hydrogen) atoms. The summed E-state index contributed by atoms with van der Waals surface area (Å²) >= 11 is 0. The van der Waals surface area contributed by atoms with E-state index < -0.39 is 21.8 Å². The molecule has 0 aromatic heterocycles. The van der Waals surface area contributed by atoms with E-state index >= 15 is 0 Å². The summed E-state index contributed by atoms with van der Waals surface area (Å²) in [5.41, 5.74) is 7.70. The summed E-state index contributed by atoms with van der Waals surface area (Å²) in [5, 5.41) is 8.70. The standard InChI is InChI=1S/C13H17NO4S/c1-3-9-6-10(12(14)7-13(15)16)4-5-11(9)8-19(2,17)18/h3-6,12H,1,7-8,14H2,2H3,(H,15,16). The third kappa shape index (κ3) is 4.84. The molecule has 0 saturated heterocycles. The van der Waals surface area contributed by atoms with Gasteiger partial charge in [0.25, 0.3) is 0 Å². The number of carbonyl (C=O) groups is 1. The summed E-state index contributed by atoms with van der Waals surface area (Å²) < 4.78 is 22.6. The minimum Gasteiger partial charge on any atom is -0.481 e. The highest BCUT2D eigenvalue weighted by Gasteiger charge is 2.13. The van der Waals surface area contributed by atoms with Crippen LogP contribution in [0.3, 0.4) is 0 Å². The van der Waals surface area contributed by atoms with Gasteiger partial charge in [-0.15, -0.1) is 0 Å². The second-order valence-corrected chi connectivity index (χ2v) is 6.58. The van der Waals surface area contributed by atoms with Crippen molar-refractivity contribution >= 4 is 21.9 Å². The van der Waals surface area contributed by atoms with Crippen LogP contribution in [-0.2, 0) is 20.4 Å². The number of carboxylic acids is 1. The maximum Gasteiger partial charge on any atom is 0.305 e. The molecule has 104 valence electrons. The van der Waals surface area contributed by atoms with E-state index in [-0.39, 0.29) is 12.2 Å². The van der Waals surface area contributed by atoms with Crippen molar-refractivity contribution in [3.05, 3.63) is 41.5 Å². The van der Waals surface area contributed by atoms with Crippen LogP contribution < -0.4 is 5.73 Å². The molecule has 0 amide bonds. The van der Waals surface area contributed by atoms with E-state index in [4.69, 9.17) is 10.8 Å². The Labute approximate surface area is 112 Å². The molecule has 0 radical (unpaired) electrons. The lowest BCUT2D eigenvalue weighted by Gasteiger charge is -2.13. The fourth-order valence-electron chi connectivity index (χ4n) is 1.75. The van der Waals surface area contributed by atoms with Gasteiger partial charge in [-0.2, -0.15) is 0 Å². The van der Waals surface area contributed by atoms with Crippen molar-refractivity contribution in [2.75, 3.05) is 6.26 Å². The van der Waals surface area contributed by atoms with Crippen molar-refractivity contribution in [1.82, 2.24) is 0 Å². The quantitative estimate of drug-likeness (QED) is 0.821. The number of hydrogen-bond acceptors (Lipinski definition) is 4. The van der Waals surface area contributed by atoms with Gasteiger partial charge in [0.1, 0.15) is 0 Å². The van der Waals surface area contributed by atoms with Crippen molar-refractivity contribution in [1.29, 1.82) is 0 Å². The lowest BCUT2D eigenvalue weighted by atomic mass is 9.99. The first-order chi connectivity index (χ1) is 8.73. The zero-order chi connectivity index (χ0) is 14.6. The van der Waals surface area contributed by atoms with E-state index in [9.17, 15) is 13.2 Å². The molecule has 0 spiro atoms. The van der Waals surface area contributed by atoms with Crippen molar-refractivity contribution in [2.45, 2.75) is 18.2 Å². The Morgan fingerprint density at radius 2 is 2.16 bits per heavy atom. The van der Waals surface area contributed by atoms with Crippen molar-refractivity contribution in [2.24, 2.45) is 5.73 Å². The predicted molar refractivity (Wildman–Crippen MR) is 74.3 cm³/mol. The Kier molecular flexibility index (Phi) is 4.85. The van der Waals surface area contributed by atoms with Crippen LogP contribution >= 0.6 is 0 Å². The van der Waals surface area contributed by atoms with Gasteiger partial charge in [-0.05, 0) is 22.8 Å². The average Bonchev–Trinajstić information content (AvgIpc) is 2.26. The largest absolute Gasteiger partial charge is 0.481 e. The van der Waals surface area contributed by atoms with Crippen molar-refractivity contribution < 1.29 is 18.3 Å². The van der Waals surface area contributed by atoms with Crippen LogP contribution in [0.25, 0.3) is 6.08 Å². The van der Waals surface area contributed by atoms with Gasteiger partial charge in [0.2, 0.25) is 0 Å². The van der Waals surface area contributed by atoms with Gasteiger partial charge in [-0.1, -0.05) is 24.8 Å². The van der Waals surface area contributed by atoms with Crippen LogP contribution in [0.15, 0.2) is 24.8 Å². The summed E-state index contributed by atoms with van der Waals surface area (Å²) in [6.45, 7) is 3.63. The molecule has 0 aliphatic rings. The number of aliphatic carboxylic acids is 1. The van der Waals surface area contributed by atoms with Gasteiger partial charge in [0, 0.05) is 12.3 Å². The Balaban J connectivity index is 3.08. The molecule has 0 heterocycles. The number of hydrogen-bond donors (Lipinski definition) is 2. The normalized spacial score (nSPS) is 12.9. The van der Waals surface area contributed by atoms with Gasteiger partial charge in [-0.25, -0.2) is 8.42 Å². The molecule has 1 aromatic rings. The highest BCUT2D eigenvalue weighted by atomic mass is 32.2. The molecule has 3 N–H and O–H groups in total. The molecule has 0 fully saturated rings. The number of sulfone groups is 1. The summed E-state index contributed by atoms with van der Waals surface area (Å²) in [5.74, 6) is -1.06. The van der Waals surface area contributed by atoms with Gasteiger partial charge in [0.05, 0.1) is 12.2 Å². The molecule has 6 heteroatoms. The Morgan fingerprint density at radius 3 is 2.63 bits per heavy atom. The predicted octanol–water partition coefficient (Wildman–Crippen LogP) is 1.35. The molecule has 0 aliphatic heterocycles. The fourth-order valence-corrected chi connectivity index (χ4v) is 2.58. The third-order valence-electron chi connectivity index (χ3n) is 2.63. The maximum atomic E-state index is 11.3.